The van der Waals surface area contributed by atoms with Crippen LogP contribution in [0.4, 0.5) is 0 Å². The van der Waals surface area contributed by atoms with E-state index >= 15 is 0 Å². The Morgan fingerprint density at radius 1 is 0.485 bits per heavy atom. The van der Waals surface area contributed by atoms with Crippen molar-refractivity contribution in [2.75, 3.05) is 139 Å². The van der Waals surface area contributed by atoms with Gasteiger partial charge in [-0.2, -0.15) is 8.42 Å². The molecule has 0 fully saturated rings. The van der Waals surface area contributed by atoms with Crippen LogP contribution in [0.2, 0.25) is 0 Å². The molecule has 0 amide bonds. The predicted molar refractivity (Wildman–Crippen MR) is 275 cm³/mol. The van der Waals surface area contributed by atoms with Crippen molar-refractivity contribution < 1.29 is 71.5 Å². The molecule has 0 aromatic heterocycles. The van der Waals surface area contributed by atoms with Gasteiger partial charge in [0.25, 0.3) is 10.1 Å². The molecular formula is C43H102N5O16PS3. The molecule has 0 radical (unpaired) electrons. The minimum atomic E-state index is -3.85. The van der Waals surface area contributed by atoms with Crippen LogP contribution in [0.5, 0.6) is 0 Å². The number of hydrogen-bond donors (Lipinski definition) is 3. The van der Waals surface area contributed by atoms with Gasteiger partial charge >= 0.3 is 28.8 Å². The Morgan fingerprint density at radius 3 is 1.03 bits per heavy atom. The van der Waals surface area contributed by atoms with Gasteiger partial charge in [-0.05, 0) is 155 Å². The van der Waals surface area contributed by atoms with E-state index in [4.69, 9.17) is 58.5 Å². The van der Waals surface area contributed by atoms with E-state index in [0.717, 1.165) is 45.3 Å². The molecular weight excluding hydrogens is 970 g/mol. The fourth-order valence-electron chi connectivity index (χ4n) is 4.40. The molecule has 68 heavy (non-hydrogen) atoms. The van der Waals surface area contributed by atoms with Crippen LogP contribution in [-0.2, 0) is 54.8 Å². The predicted octanol–water partition coefficient (Wildman–Crippen LogP) is 4.62. The lowest BCUT2D eigenvalue weighted by Crippen LogP contribution is -2.27. The third kappa shape index (κ3) is 111. The Labute approximate surface area is 418 Å². The molecule has 0 spiro atoms. The van der Waals surface area contributed by atoms with Gasteiger partial charge in [-0.3, -0.25) is 9.12 Å². The summed E-state index contributed by atoms with van der Waals surface area (Å²) in [5.74, 6) is 0.688. The lowest BCUT2D eigenvalue weighted by Gasteiger charge is -2.17. The van der Waals surface area contributed by atoms with Crippen molar-refractivity contribution in [3.8, 4) is 0 Å². The minimum absolute atomic E-state index is 0.0921. The average molecular weight is 1070 g/mol. The Bertz CT molecular complexity index is 1380. The summed E-state index contributed by atoms with van der Waals surface area (Å²) >= 11 is 0. The van der Waals surface area contributed by atoms with Gasteiger partial charge < -0.3 is 53.2 Å². The van der Waals surface area contributed by atoms with E-state index in [1.54, 1.807) is 0 Å². The van der Waals surface area contributed by atoms with E-state index in [-0.39, 0.29) is 24.1 Å². The summed E-state index contributed by atoms with van der Waals surface area (Å²) in [6.07, 6.45) is 5.43. The first-order valence-electron chi connectivity index (χ1n) is 23.5. The number of hydrogen-bond acceptors (Lipinski definition) is 18. The number of ether oxygens (including phenoxy) is 4. The van der Waals surface area contributed by atoms with E-state index < -0.39 is 38.9 Å². The maximum Gasteiger partial charge on any atom is 0.425 e. The first kappa shape index (κ1) is 81.0. The molecule has 0 saturated carbocycles. The van der Waals surface area contributed by atoms with Gasteiger partial charge in [0.15, 0.2) is 0 Å². The van der Waals surface area contributed by atoms with Crippen molar-refractivity contribution in [3.05, 3.63) is 0 Å². The first-order chi connectivity index (χ1) is 31.1. The highest BCUT2D eigenvalue weighted by Gasteiger charge is 2.13. The van der Waals surface area contributed by atoms with E-state index in [1.807, 2.05) is 51.6 Å². The molecule has 21 nitrogen and oxygen atoms in total. The van der Waals surface area contributed by atoms with E-state index in [0.29, 0.717) is 51.5 Å². The number of rotatable bonds is 31. The smallest absolute Gasteiger partial charge is 0.377 e. The molecule has 0 unspecified atom stereocenters. The van der Waals surface area contributed by atoms with Crippen molar-refractivity contribution in [1.29, 1.82) is 0 Å². The highest BCUT2D eigenvalue weighted by Crippen LogP contribution is 2.33. The molecule has 25 heteroatoms. The van der Waals surface area contributed by atoms with Crippen molar-refractivity contribution in [2.24, 2.45) is 5.92 Å². The molecule has 0 aliphatic heterocycles. The van der Waals surface area contributed by atoms with Gasteiger partial charge in [-0.15, -0.1) is 25.3 Å². The van der Waals surface area contributed by atoms with E-state index in [9.17, 15) is 13.0 Å². The molecule has 0 bridgehead atoms. The van der Waals surface area contributed by atoms with Crippen LogP contribution >= 0.6 is 7.60 Å². The standard InChI is InChI=1S/C9H21NO4S.C9H21NO.C9H21N.C8H20NO4P.C8H19NO.2O3S/c1-9(2)14-7-6-10(3)5-4-8-15(11,12)13;1-5-6-10(4)7-8-11-9(2)3;1-5-10(4)8-6-7-9(2)3;1-8(2)13-6-4-9(3)5-7-14(10,11)12;1-5-9(4)6-7-10-8(2)3;2*1-4(2)3/h9H,4-8H2,1-3H3,(H,11,12,13);9H,5-8H2,1-4H3;9H,5-8H2,1-4H3;8H,4-7H2,1-3H3,(H2,10,11,12);8H,5-7H2,1-4H3;;. The van der Waals surface area contributed by atoms with Gasteiger partial charge in [0.05, 0.1) is 62.8 Å². The van der Waals surface area contributed by atoms with Gasteiger partial charge in [0.2, 0.25) is 0 Å². The lowest BCUT2D eigenvalue weighted by atomic mass is 10.1. The van der Waals surface area contributed by atoms with Crippen molar-refractivity contribution in [3.63, 3.8) is 0 Å². The normalized spacial score (nSPS) is 11.3. The summed E-state index contributed by atoms with van der Waals surface area (Å²) in [6.45, 7) is 39.4. The van der Waals surface area contributed by atoms with E-state index in [2.05, 4.69) is 98.2 Å². The topological polar surface area (TPSA) is 267 Å². The highest BCUT2D eigenvalue weighted by molar-refractivity contribution is 7.85. The number of likely N-dealkylation sites (N-methyl/N-ethyl adjacent to an activating group) is 4. The second kappa shape index (κ2) is 55.3. The van der Waals surface area contributed by atoms with Crippen LogP contribution in [0.15, 0.2) is 0 Å². The fourth-order valence-corrected chi connectivity index (χ4v) is 5.49. The van der Waals surface area contributed by atoms with Crippen molar-refractivity contribution >= 4 is 38.9 Å². The van der Waals surface area contributed by atoms with Gasteiger partial charge in [0, 0.05) is 32.7 Å². The molecule has 0 aromatic rings. The zero-order valence-electron chi connectivity index (χ0n) is 45.6. The molecule has 0 heterocycles. The van der Waals surface area contributed by atoms with Crippen molar-refractivity contribution in [1.82, 2.24) is 24.5 Å². The Balaban J connectivity index is -0.000000132. The second-order valence-corrected chi connectivity index (χ2v) is 21.5. The summed E-state index contributed by atoms with van der Waals surface area (Å²) in [7, 11) is -3.76. The van der Waals surface area contributed by atoms with Crippen LogP contribution in [0, 0.1) is 5.92 Å². The average Bonchev–Trinajstić information content (AvgIpc) is 3.16. The SMILES string of the molecule is CC(C)OCCN(C)CCCS(=O)(=O)O.CC(C)OCCN(C)CCP(=O)(O)O.CCCN(C)CCOC(C)C.CCN(C)CCCC(C)C.CCN(C)CCOC(C)C.O=S(=O)=O.O=S(=O)=O. The highest BCUT2D eigenvalue weighted by atomic mass is 32.2. The minimum Gasteiger partial charge on any atom is -0.377 e. The quantitative estimate of drug-likeness (QED) is 0.0631. The summed E-state index contributed by atoms with van der Waals surface area (Å²) in [4.78, 5) is 28.0. The first-order valence-corrected chi connectivity index (χ1v) is 28.9. The summed E-state index contributed by atoms with van der Waals surface area (Å²) in [5.41, 5.74) is 0. The Hall–Kier alpha value is -1.06. The molecule has 0 atom stereocenters. The van der Waals surface area contributed by atoms with Crippen LogP contribution in [0.3, 0.4) is 0 Å². The maximum atomic E-state index is 10.6. The van der Waals surface area contributed by atoms with Gasteiger partial charge in [0.1, 0.15) is 0 Å². The summed E-state index contributed by atoms with van der Waals surface area (Å²) in [5, 5.41) is 0. The third-order valence-corrected chi connectivity index (χ3v) is 10.0. The zero-order chi connectivity index (χ0) is 54.9. The van der Waals surface area contributed by atoms with Gasteiger partial charge in [-0.25, -0.2) is 0 Å². The molecule has 418 valence electrons. The lowest BCUT2D eigenvalue weighted by molar-refractivity contribution is 0.0637. The number of nitrogens with zero attached hydrogens (tertiary/aromatic N) is 5. The van der Waals surface area contributed by atoms with Crippen LogP contribution in [0.25, 0.3) is 0 Å². The van der Waals surface area contributed by atoms with Gasteiger partial charge in [-0.1, -0.05) is 34.6 Å². The maximum absolute atomic E-state index is 10.6. The Kier molecular flexibility index (Phi) is 65.8. The zero-order valence-corrected chi connectivity index (χ0v) is 48.9. The third-order valence-electron chi connectivity index (χ3n) is 8.42. The summed E-state index contributed by atoms with van der Waals surface area (Å²) in [6, 6.07) is 0. The monoisotopic (exact) mass is 1070 g/mol. The largest absolute Gasteiger partial charge is 0.425 e. The summed E-state index contributed by atoms with van der Waals surface area (Å²) < 4.78 is 112. The van der Waals surface area contributed by atoms with Crippen LogP contribution in [0.1, 0.15) is 116 Å². The van der Waals surface area contributed by atoms with Crippen LogP contribution in [-0.4, -0.2) is 236 Å². The second-order valence-electron chi connectivity index (χ2n) is 17.4. The molecule has 0 rings (SSSR count). The Morgan fingerprint density at radius 2 is 0.765 bits per heavy atom. The van der Waals surface area contributed by atoms with E-state index in [1.165, 1.54) is 38.9 Å². The van der Waals surface area contributed by atoms with Crippen molar-refractivity contribution in [2.45, 2.75) is 140 Å². The fraction of sp³-hybridized carbons (Fsp3) is 1.00. The molecule has 0 aliphatic carbocycles. The molecule has 0 saturated heterocycles. The van der Waals surface area contributed by atoms with Crippen LogP contribution < -0.4 is 0 Å². The molecule has 0 aromatic carbocycles. The molecule has 3 N–H and O–H groups in total. The molecule has 0 aliphatic rings.